The first-order valence-electron chi connectivity index (χ1n) is 9.55. The van der Waals surface area contributed by atoms with Crippen LogP contribution < -0.4 is 10.2 Å². The Bertz CT molecular complexity index is 1000. The van der Waals surface area contributed by atoms with E-state index in [-0.39, 0.29) is 11.8 Å². The monoisotopic (exact) mass is 490 g/mol. The molecule has 0 unspecified atom stereocenters. The molecule has 1 fully saturated rings. The van der Waals surface area contributed by atoms with Gasteiger partial charge in [0.25, 0.3) is 5.91 Å². The van der Waals surface area contributed by atoms with Crippen molar-refractivity contribution in [1.82, 2.24) is 9.97 Å². The zero-order chi connectivity index (χ0) is 19.7. The van der Waals surface area contributed by atoms with Crippen molar-refractivity contribution < 1.29 is 9.21 Å². The number of fused-ring (bicyclic) bond motifs is 1. The molecular weight excluding hydrogens is 467 g/mol. The van der Waals surface area contributed by atoms with Crippen LogP contribution in [0.3, 0.4) is 0 Å². The Hall–Kier alpha value is -2.16. The molecule has 28 heavy (non-hydrogen) atoms. The molecule has 1 amide bonds. The van der Waals surface area contributed by atoms with E-state index in [0.717, 1.165) is 42.0 Å². The predicted molar refractivity (Wildman–Crippen MR) is 120 cm³/mol. The molecule has 0 aromatic carbocycles. The topological polar surface area (TPSA) is 71.3 Å². The second-order valence-electron chi connectivity index (χ2n) is 7.42. The summed E-state index contributed by atoms with van der Waals surface area (Å²) in [5.74, 6) is 0.0346. The Kier molecular flexibility index (Phi) is 5.52. The van der Waals surface area contributed by atoms with Crippen LogP contribution in [0.25, 0.3) is 11.1 Å². The molecule has 4 rings (SSSR count). The maximum absolute atomic E-state index is 12.9. The van der Waals surface area contributed by atoms with Gasteiger partial charge in [0.2, 0.25) is 0 Å². The SMILES string of the molecule is CC(C)c1coc2ccc(C(=O)Nc3cnccc3N3CCC[C@H](I)C3)nc12. The maximum atomic E-state index is 12.9. The quantitative estimate of drug-likeness (QED) is 0.412. The first-order chi connectivity index (χ1) is 13.5. The fraction of sp³-hybridized carbons (Fsp3) is 0.381. The molecule has 0 radical (unpaired) electrons. The average molecular weight is 490 g/mol. The van der Waals surface area contributed by atoms with Crippen LogP contribution in [-0.4, -0.2) is 32.9 Å². The number of carbonyl (C=O) groups excluding carboxylic acids is 1. The molecule has 0 spiro atoms. The second-order valence-corrected chi connectivity index (χ2v) is 9.18. The van der Waals surface area contributed by atoms with Crippen LogP contribution >= 0.6 is 22.6 Å². The summed E-state index contributed by atoms with van der Waals surface area (Å²) in [6.45, 7) is 6.13. The van der Waals surface area contributed by atoms with E-state index in [0.29, 0.717) is 15.2 Å². The van der Waals surface area contributed by atoms with Crippen LogP contribution in [0.4, 0.5) is 11.4 Å². The zero-order valence-electron chi connectivity index (χ0n) is 16.0. The largest absolute Gasteiger partial charge is 0.462 e. The highest BCUT2D eigenvalue weighted by molar-refractivity contribution is 14.1. The zero-order valence-corrected chi connectivity index (χ0v) is 18.1. The van der Waals surface area contributed by atoms with Gasteiger partial charge in [0.05, 0.1) is 23.8 Å². The fourth-order valence-electron chi connectivity index (χ4n) is 3.56. The molecular formula is C21H23IN4O2. The minimum absolute atomic E-state index is 0.241. The lowest BCUT2D eigenvalue weighted by Gasteiger charge is -2.33. The number of nitrogens with zero attached hydrogens (tertiary/aromatic N) is 3. The summed E-state index contributed by atoms with van der Waals surface area (Å²) in [6.07, 6.45) is 7.59. The molecule has 3 aromatic heterocycles. The first-order valence-corrected chi connectivity index (χ1v) is 10.8. The number of hydrogen-bond donors (Lipinski definition) is 1. The molecule has 1 saturated heterocycles. The van der Waals surface area contributed by atoms with E-state index in [1.165, 1.54) is 6.42 Å². The van der Waals surface area contributed by atoms with Crippen molar-refractivity contribution in [2.45, 2.75) is 36.5 Å². The minimum atomic E-state index is -0.241. The average Bonchev–Trinajstić information content (AvgIpc) is 3.12. The Morgan fingerprint density at radius 3 is 3.00 bits per heavy atom. The van der Waals surface area contributed by atoms with Crippen molar-refractivity contribution in [2.24, 2.45) is 0 Å². The predicted octanol–water partition coefficient (Wildman–Crippen LogP) is 5.00. The number of rotatable bonds is 4. The van der Waals surface area contributed by atoms with Crippen molar-refractivity contribution in [1.29, 1.82) is 0 Å². The van der Waals surface area contributed by atoms with Gasteiger partial charge in [-0.15, -0.1) is 0 Å². The van der Waals surface area contributed by atoms with Crippen molar-refractivity contribution >= 4 is 51.0 Å². The van der Waals surface area contributed by atoms with Crippen molar-refractivity contribution in [3.8, 4) is 0 Å². The van der Waals surface area contributed by atoms with E-state index < -0.39 is 0 Å². The third-order valence-electron chi connectivity index (χ3n) is 5.05. The number of anilines is 2. The molecule has 1 aliphatic rings. The van der Waals surface area contributed by atoms with Gasteiger partial charge in [-0.25, -0.2) is 4.98 Å². The maximum Gasteiger partial charge on any atom is 0.274 e. The molecule has 4 heterocycles. The van der Waals surface area contributed by atoms with E-state index in [4.69, 9.17) is 4.42 Å². The van der Waals surface area contributed by atoms with Crippen LogP contribution in [0.2, 0.25) is 0 Å². The third-order valence-corrected chi connectivity index (χ3v) is 6.07. The molecule has 7 heteroatoms. The van der Waals surface area contributed by atoms with E-state index in [1.807, 2.05) is 6.07 Å². The number of carbonyl (C=O) groups is 1. The lowest BCUT2D eigenvalue weighted by molar-refractivity contribution is 0.102. The van der Waals surface area contributed by atoms with Gasteiger partial charge < -0.3 is 14.6 Å². The Balaban J connectivity index is 1.60. The Morgan fingerprint density at radius 1 is 1.36 bits per heavy atom. The minimum Gasteiger partial charge on any atom is -0.462 e. The van der Waals surface area contributed by atoms with Crippen molar-refractivity contribution in [3.63, 3.8) is 0 Å². The molecule has 0 bridgehead atoms. The van der Waals surface area contributed by atoms with Gasteiger partial charge in [0.15, 0.2) is 5.58 Å². The van der Waals surface area contributed by atoms with E-state index in [2.05, 4.69) is 56.6 Å². The molecule has 1 atom stereocenters. The highest BCUT2D eigenvalue weighted by Crippen LogP contribution is 2.30. The van der Waals surface area contributed by atoms with Crippen LogP contribution in [0.5, 0.6) is 0 Å². The van der Waals surface area contributed by atoms with Gasteiger partial charge >= 0.3 is 0 Å². The van der Waals surface area contributed by atoms with Crippen LogP contribution in [-0.2, 0) is 0 Å². The standard InChI is InChI=1S/C21H23IN4O2/c1-13(2)15-12-28-19-6-5-16(24-20(15)19)21(27)25-17-10-23-8-7-18(17)26-9-3-4-14(22)11-26/h5-8,10,12-14H,3-4,9,11H2,1-2H3,(H,25,27)/t14-/m0/s1. The molecule has 1 aliphatic heterocycles. The molecule has 1 N–H and O–H groups in total. The third kappa shape index (κ3) is 3.85. The summed E-state index contributed by atoms with van der Waals surface area (Å²) in [5.41, 5.74) is 4.55. The van der Waals surface area contributed by atoms with Crippen LogP contribution in [0.1, 0.15) is 48.7 Å². The lowest BCUT2D eigenvalue weighted by Crippen LogP contribution is -2.36. The van der Waals surface area contributed by atoms with Gasteiger partial charge in [0, 0.05) is 28.8 Å². The highest BCUT2D eigenvalue weighted by atomic mass is 127. The number of piperidine rings is 1. The van der Waals surface area contributed by atoms with Gasteiger partial charge in [-0.1, -0.05) is 36.4 Å². The van der Waals surface area contributed by atoms with Crippen molar-refractivity contribution in [2.75, 3.05) is 23.3 Å². The molecule has 146 valence electrons. The lowest BCUT2D eigenvalue weighted by atomic mass is 10.1. The normalized spacial score (nSPS) is 17.3. The van der Waals surface area contributed by atoms with Crippen LogP contribution in [0.15, 0.2) is 41.3 Å². The fourth-order valence-corrected chi connectivity index (χ4v) is 4.47. The number of furan rings is 1. The van der Waals surface area contributed by atoms with Crippen LogP contribution in [0, 0.1) is 0 Å². The smallest absolute Gasteiger partial charge is 0.274 e. The Morgan fingerprint density at radius 2 is 2.21 bits per heavy atom. The summed E-state index contributed by atoms with van der Waals surface area (Å²) in [5, 5.41) is 3.01. The molecule has 0 aliphatic carbocycles. The molecule has 3 aromatic rings. The number of aromatic nitrogens is 2. The number of halogens is 1. The summed E-state index contributed by atoms with van der Waals surface area (Å²) in [6, 6.07) is 5.47. The summed E-state index contributed by atoms with van der Waals surface area (Å²) < 4.78 is 6.17. The number of pyridine rings is 2. The van der Waals surface area contributed by atoms with Gasteiger partial charge in [-0.05, 0) is 37.0 Å². The summed E-state index contributed by atoms with van der Waals surface area (Å²) in [7, 11) is 0. The highest BCUT2D eigenvalue weighted by Gasteiger charge is 2.21. The molecule has 0 saturated carbocycles. The number of amides is 1. The molecule has 6 nitrogen and oxygen atoms in total. The number of hydrogen-bond acceptors (Lipinski definition) is 5. The number of alkyl halides is 1. The summed E-state index contributed by atoms with van der Waals surface area (Å²) >= 11 is 2.50. The van der Waals surface area contributed by atoms with Crippen molar-refractivity contribution in [3.05, 3.63) is 48.1 Å². The van der Waals surface area contributed by atoms with E-state index >= 15 is 0 Å². The summed E-state index contributed by atoms with van der Waals surface area (Å²) in [4.78, 5) is 24.0. The van der Waals surface area contributed by atoms with E-state index in [1.54, 1.807) is 30.8 Å². The number of nitrogens with one attached hydrogen (secondary N) is 1. The first kappa shape index (κ1) is 19.2. The van der Waals surface area contributed by atoms with Gasteiger partial charge in [-0.2, -0.15) is 0 Å². The van der Waals surface area contributed by atoms with Gasteiger partial charge in [-0.3, -0.25) is 9.78 Å². The van der Waals surface area contributed by atoms with E-state index in [9.17, 15) is 4.79 Å². The second kappa shape index (κ2) is 8.06. The Labute approximate surface area is 177 Å². The van der Waals surface area contributed by atoms with Gasteiger partial charge in [0.1, 0.15) is 11.2 Å².